The highest BCUT2D eigenvalue weighted by molar-refractivity contribution is 5.53. The second kappa shape index (κ2) is 4.67. The summed E-state index contributed by atoms with van der Waals surface area (Å²) in [6, 6.07) is 7.71. The minimum atomic E-state index is 0.103. The molecule has 0 spiro atoms. The van der Waals surface area contributed by atoms with E-state index in [0.717, 1.165) is 16.9 Å². The second-order valence-corrected chi connectivity index (χ2v) is 2.92. The molecule has 2 heteroatoms. The summed E-state index contributed by atoms with van der Waals surface area (Å²) in [6.07, 6.45) is 1.94. The minimum Gasteiger partial charge on any atom is -0.497 e. The standard InChI is InChI=1S/C11H14O2/c1-9(8-12)7-10-3-5-11(13-2)6-4-10/h3-7,12H,8H2,1-2H3/b9-7+. The molecular weight excluding hydrogens is 164 g/mol. The monoisotopic (exact) mass is 178 g/mol. The zero-order valence-electron chi connectivity index (χ0n) is 7.95. The van der Waals surface area contributed by atoms with E-state index in [1.807, 2.05) is 37.3 Å². The summed E-state index contributed by atoms with van der Waals surface area (Å²) in [5.41, 5.74) is 2.03. The molecule has 0 saturated carbocycles. The van der Waals surface area contributed by atoms with Crippen LogP contribution in [0.3, 0.4) is 0 Å². The van der Waals surface area contributed by atoms with Crippen LogP contribution in [0.15, 0.2) is 29.8 Å². The van der Waals surface area contributed by atoms with Gasteiger partial charge in [0.05, 0.1) is 13.7 Å². The number of benzene rings is 1. The largest absolute Gasteiger partial charge is 0.497 e. The molecule has 1 aromatic rings. The molecule has 0 aliphatic heterocycles. The molecule has 0 amide bonds. The van der Waals surface area contributed by atoms with Crippen LogP contribution in [0.1, 0.15) is 12.5 Å². The SMILES string of the molecule is COc1ccc(/C=C(\C)CO)cc1. The molecule has 0 bridgehead atoms. The average Bonchev–Trinajstić information content (AvgIpc) is 2.19. The molecule has 0 saturated heterocycles. The minimum absolute atomic E-state index is 0.103. The van der Waals surface area contributed by atoms with Crippen LogP contribution in [0.5, 0.6) is 5.75 Å². The lowest BCUT2D eigenvalue weighted by molar-refractivity contribution is 0.332. The van der Waals surface area contributed by atoms with Crippen molar-refractivity contribution >= 4 is 6.08 Å². The molecule has 0 fully saturated rings. The Morgan fingerprint density at radius 2 is 2.00 bits per heavy atom. The van der Waals surface area contributed by atoms with Gasteiger partial charge in [-0.1, -0.05) is 18.2 Å². The topological polar surface area (TPSA) is 29.5 Å². The Hall–Kier alpha value is -1.28. The van der Waals surface area contributed by atoms with E-state index in [1.165, 1.54) is 0 Å². The number of aliphatic hydroxyl groups is 1. The van der Waals surface area contributed by atoms with E-state index in [1.54, 1.807) is 7.11 Å². The molecule has 0 aliphatic carbocycles. The van der Waals surface area contributed by atoms with Gasteiger partial charge in [0.1, 0.15) is 5.75 Å². The number of methoxy groups -OCH3 is 1. The Balaban J connectivity index is 2.80. The normalized spacial score (nSPS) is 11.5. The molecule has 1 N–H and O–H groups in total. The summed E-state index contributed by atoms with van der Waals surface area (Å²) < 4.78 is 5.03. The number of hydrogen-bond donors (Lipinski definition) is 1. The zero-order chi connectivity index (χ0) is 9.68. The van der Waals surface area contributed by atoms with Gasteiger partial charge in [-0.25, -0.2) is 0 Å². The van der Waals surface area contributed by atoms with Crippen molar-refractivity contribution in [3.63, 3.8) is 0 Å². The predicted molar refractivity (Wildman–Crippen MR) is 53.7 cm³/mol. The Labute approximate surface area is 78.5 Å². The van der Waals surface area contributed by atoms with Crippen molar-refractivity contribution in [3.8, 4) is 5.75 Å². The fourth-order valence-electron chi connectivity index (χ4n) is 1.03. The maximum absolute atomic E-state index is 8.80. The molecule has 2 nitrogen and oxygen atoms in total. The van der Waals surface area contributed by atoms with Gasteiger partial charge in [0, 0.05) is 0 Å². The highest BCUT2D eigenvalue weighted by Crippen LogP contribution is 2.13. The van der Waals surface area contributed by atoms with Crippen molar-refractivity contribution in [3.05, 3.63) is 35.4 Å². The Kier molecular flexibility index (Phi) is 3.53. The average molecular weight is 178 g/mol. The van der Waals surface area contributed by atoms with Crippen LogP contribution < -0.4 is 4.74 Å². The lowest BCUT2D eigenvalue weighted by atomic mass is 10.1. The van der Waals surface area contributed by atoms with Gasteiger partial charge < -0.3 is 9.84 Å². The molecule has 1 rings (SSSR count). The molecule has 0 aromatic heterocycles. The maximum Gasteiger partial charge on any atom is 0.118 e. The Morgan fingerprint density at radius 1 is 1.38 bits per heavy atom. The third kappa shape index (κ3) is 2.92. The maximum atomic E-state index is 8.80. The van der Waals surface area contributed by atoms with Crippen molar-refractivity contribution in [2.75, 3.05) is 13.7 Å². The summed E-state index contributed by atoms with van der Waals surface area (Å²) in [7, 11) is 1.64. The number of hydrogen-bond acceptors (Lipinski definition) is 2. The van der Waals surface area contributed by atoms with Crippen LogP contribution in [-0.4, -0.2) is 18.8 Å². The molecular formula is C11H14O2. The summed E-state index contributed by atoms with van der Waals surface area (Å²) in [5, 5.41) is 8.80. The highest BCUT2D eigenvalue weighted by Gasteiger charge is 1.91. The lowest BCUT2D eigenvalue weighted by Gasteiger charge is -2.00. The van der Waals surface area contributed by atoms with Crippen LogP contribution in [0.4, 0.5) is 0 Å². The summed E-state index contributed by atoms with van der Waals surface area (Å²) >= 11 is 0. The molecule has 0 unspecified atom stereocenters. The molecule has 0 heterocycles. The van der Waals surface area contributed by atoms with Gasteiger partial charge >= 0.3 is 0 Å². The van der Waals surface area contributed by atoms with E-state index < -0.39 is 0 Å². The van der Waals surface area contributed by atoms with Crippen LogP contribution in [0.25, 0.3) is 6.08 Å². The van der Waals surface area contributed by atoms with Gasteiger partial charge in [-0.15, -0.1) is 0 Å². The fourth-order valence-corrected chi connectivity index (χ4v) is 1.03. The lowest BCUT2D eigenvalue weighted by Crippen LogP contribution is -1.85. The van der Waals surface area contributed by atoms with Crippen molar-refractivity contribution in [1.82, 2.24) is 0 Å². The molecule has 0 aliphatic rings. The van der Waals surface area contributed by atoms with Gasteiger partial charge in [0.15, 0.2) is 0 Å². The number of ether oxygens (including phenoxy) is 1. The third-order valence-electron chi connectivity index (χ3n) is 1.78. The smallest absolute Gasteiger partial charge is 0.118 e. The van der Waals surface area contributed by atoms with Gasteiger partial charge in [0.25, 0.3) is 0 Å². The first-order valence-corrected chi connectivity index (χ1v) is 4.18. The Bertz CT molecular complexity index is 285. The van der Waals surface area contributed by atoms with Crippen LogP contribution >= 0.6 is 0 Å². The van der Waals surface area contributed by atoms with E-state index in [2.05, 4.69) is 0 Å². The van der Waals surface area contributed by atoms with Crippen LogP contribution in [-0.2, 0) is 0 Å². The summed E-state index contributed by atoms with van der Waals surface area (Å²) in [5.74, 6) is 0.846. The predicted octanol–water partition coefficient (Wildman–Crippen LogP) is 2.09. The molecule has 0 atom stereocenters. The number of rotatable bonds is 3. The molecule has 1 aromatic carbocycles. The summed E-state index contributed by atoms with van der Waals surface area (Å²) in [6.45, 7) is 2.00. The summed E-state index contributed by atoms with van der Waals surface area (Å²) in [4.78, 5) is 0. The van der Waals surface area contributed by atoms with Crippen molar-refractivity contribution in [2.45, 2.75) is 6.92 Å². The quantitative estimate of drug-likeness (QED) is 0.768. The van der Waals surface area contributed by atoms with Crippen LogP contribution in [0, 0.1) is 0 Å². The molecule has 70 valence electrons. The van der Waals surface area contributed by atoms with E-state index in [0.29, 0.717) is 0 Å². The van der Waals surface area contributed by atoms with Gasteiger partial charge in [-0.2, -0.15) is 0 Å². The Morgan fingerprint density at radius 3 is 2.46 bits per heavy atom. The number of aliphatic hydroxyl groups excluding tert-OH is 1. The van der Waals surface area contributed by atoms with Gasteiger partial charge in [-0.05, 0) is 30.2 Å². The first kappa shape index (κ1) is 9.81. The first-order chi connectivity index (χ1) is 6.26. The van der Waals surface area contributed by atoms with E-state index in [4.69, 9.17) is 9.84 Å². The van der Waals surface area contributed by atoms with E-state index in [-0.39, 0.29) is 6.61 Å². The zero-order valence-corrected chi connectivity index (χ0v) is 7.95. The first-order valence-electron chi connectivity index (χ1n) is 4.18. The fraction of sp³-hybridized carbons (Fsp3) is 0.273. The molecule has 0 radical (unpaired) electrons. The second-order valence-electron chi connectivity index (χ2n) is 2.92. The van der Waals surface area contributed by atoms with Crippen molar-refractivity contribution in [1.29, 1.82) is 0 Å². The third-order valence-corrected chi connectivity index (χ3v) is 1.78. The highest BCUT2D eigenvalue weighted by atomic mass is 16.5. The van der Waals surface area contributed by atoms with Gasteiger partial charge in [0.2, 0.25) is 0 Å². The van der Waals surface area contributed by atoms with Crippen LogP contribution in [0.2, 0.25) is 0 Å². The van der Waals surface area contributed by atoms with Gasteiger partial charge in [-0.3, -0.25) is 0 Å². The van der Waals surface area contributed by atoms with E-state index >= 15 is 0 Å². The molecule has 13 heavy (non-hydrogen) atoms. The van der Waals surface area contributed by atoms with Crippen molar-refractivity contribution in [2.24, 2.45) is 0 Å². The van der Waals surface area contributed by atoms with Crippen molar-refractivity contribution < 1.29 is 9.84 Å². The van der Waals surface area contributed by atoms with E-state index in [9.17, 15) is 0 Å².